The molecule has 1 fully saturated rings. The number of hydrogen-bond acceptors (Lipinski definition) is 6. The zero-order chi connectivity index (χ0) is 33.7. The molecule has 3 N–H and O–H groups in total. The van der Waals surface area contributed by atoms with E-state index < -0.39 is 41.0 Å². The van der Waals surface area contributed by atoms with Crippen molar-refractivity contribution < 1.29 is 29.0 Å². The molecule has 47 heavy (non-hydrogen) atoms. The maximum atomic E-state index is 14.2. The van der Waals surface area contributed by atoms with Gasteiger partial charge in [-0.15, -0.1) is 0 Å². The number of hydrogen-bond donors (Lipinski definition) is 3. The highest BCUT2D eigenvalue weighted by Crippen LogP contribution is 2.48. The lowest BCUT2D eigenvalue weighted by atomic mass is 9.61. The highest BCUT2D eigenvalue weighted by Gasteiger charge is 2.56. The van der Waals surface area contributed by atoms with E-state index in [1.54, 1.807) is 36.4 Å². The molecule has 0 spiro atoms. The molecule has 4 atom stereocenters. The fraction of sp³-hybridized carbons (Fsp3) is 0.308. The van der Waals surface area contributed by atoms with Crippen LogP contribution in [0.15, 0.2) is 91.0 Å². The van der Waals surface area contributed by atoms with Crippen LogP contribution in [0.2, 0.25) is 0 Å². The lowest BCUT2D eigenvalue weighted by Crippen LogP contribution is -2.56. The predicted octanol–water partition coefficient (Wildman–Crippen LogP) is 6.91. The van der Waals surface area contributed by atoms with Gasteiger partial charge in [0.2, 0.25) is 11.8 Å². The van der Waals surface area contributed by atoms with Crippen LogP contribution in [0, 0.1) is 32.6 Å². The molecular formula is C39H42N2O6. The van der Waals surface area contributed by atoms with Crippen molar-refractivity contribution in [3.05, 3.63) is 119 Å². The molecule has 1 aliphatic carbocycles. The van der Waals surface area contributed by atoms with Gasteiger partial charge in [0.1, 0.15) is 18.3 Å². The molecule has 5 rings (SSSR count). The standard InChI is InChI=1S/C39H42N2O6/c1-6-46-33-21-27(19-20-32(33)47-23-28-16-10-7-13-24(28)2)34-35(37(43)40-29-17-11-8-14-25(29)3)31(42)22-39(5,45)36(34)38(44)41-30-18-12-9-15-26(30)4/h7-21,34-36,45H,6,22-23H2,1-5H3,(H,40,43)(H,41,44). The van der Waals surface area contributed by atoms with E-state index >= 15 is 0 Å². The predicted molar refractivity (Wildman–Crippen MR) is 183 cm³/mol. The number of ether oxygens (including phenoxy) is 2. The van der Waals surface area contributed by atoms with Crippen LogP contribution in [-0.4, -0.2) is 34.9 Å². The van der Waals surface area contributed by atoms with Gasteiger partial charge in [0.25, 0.3) is 0 Å². The van der Waals surface area contributed by atoms with E-state index in [1.165, 1.54) is 6.92 Å². The van der Waals surface area contributed by atoms with Gasteiger partial charge in [-0.2, -0.15) is 0 Å². The molecule has 1 aliphatic rings. The summed E-state index contributed by atoms with van der Waals surface area (Å²) in [4.78, 5) is 42.1. The van der Waals surface area contributed by atoms with E-state index in [1.807, 2.05) is 82.3 Å². The molecule has 244 valence electrons. The third-order valence-electron chi connectivity index (χ3n) is 8.93. The van der Waals surface area contributed by atoms with Gasteiger partial charge >= 0.3 is 0 Å². The lowest BCUT2D eigenvalue weighted by molar-refractivity contribution is -0.150. The number of aliphatic hydroxyl groups is 1. The van der Waals surface area contributed by atoms with Crippen molar-refractivity contribution in [2.45, 2.75) is 59.2 Å². The minimum atomic E-state index is -1.75. The normalized spacial score (nSPS) is 20.7. The Morgan fingerprint density at radius 2 is 1.36 bits per heavy atom. The first-order valence-corrected chi connectivity index (χ1v) is 15.9. The van der Waals surface area contributed by atoms with Crippen molar-refractivity contribution in [2.24, 2.45) is 11.8 Å². The van der Waals surface area contributed by atoms with Crippen molar-refractivity contribution in [2.75, 3.05) is 17.2 Å². The molecule has 4 aromatic carbocycles. The van der Waals surface area contributed by atoms with Crippen molar-refractivity contribution in [3.8, 4) is 11.5 Å². The number of nitrogens with one attached hydrogen (secondary N) is 2. The molecule has 8 nitrogen and oxygen atoms in total. The van der Waals surface area contributed by atoms with Gasteiger partial charge in [-0.1, -0.05) is 66.7 Å². The van der Waals surface area contributed by atoms with Gasteiger partial charge in [-0.05, 0) is 86.7 Å². The Morgan fingerprint density at radius 3 is 1.96 bits per heavy atom. The third-order valence-corrected chi connectivity index (χ3v) is 8.93. The van der Waals surface area contributed by atoms with Gasteiger partial charge in [0.05, 0.1) is 18.1 Å². The molecule has 1 saturated carbocycles. The van der Waals surface area contributed by atoms with E-state index in [0.29, 0.717) is 41.7 Å². The minimum absolute atomic E-state index is 0.311. The smallest absolute Gasteiger partial charge is 0.235 e. The molecule has 0 bridgehead atoms. The van der Waals surface area contributed by atoms with Crippen LogP contribution in [0.3, 0.4) is 0 Å². The second-order valence-corrected chi connectivity index (χ2v) is 12.4. The summed E-state index contributed by atoms with van der Waals surface area (Å²) in [7, 11) is 0. The summed E-state index contributed by atoms with van der Waals surface area (Å²) in [6.45, 7) is 9.73. The summed E-state index contributed by atoms with van der Waals surface area (Å²) < 4.78 is 12.2. The van der Waals surface area contributed by atoms with E-state index in [2.05, 4.69) is 10.6 Å². The SMILES string of the molecule is CCOc1cc(C2C(C(=O)Nc3ccccc3C)C(=O)CC(C)(O)C2C(=O)Nc2ccccc2C)ccc1OCc1ccccc1C. The quantitative estimate of drug-likeness (QED) is 0.164. The van der Waals surface area contributed by atoms with Crippen molar-refractivity contribution in [3.63, 3.8) is 0 Å². The molecule has 0 radical (unpaired) electrons. The Hall–Kier alpha value is -4.95. The van der Waals surface area contributed by atoms with Crippen molar-refractivity contribution in [1.82, 2.24) is 0 Å². The molecule has 0 aromatic heterocycles. The first-order valence-electron chi connectivity index (χ1n) is 15.9. The molecule has 4 unspecified atom stereocenters. The van der Waals surface area contributed by atoms with Gasteiger partial charge in [-0.25, -0.2) is 0 Å². The maximum Gasteiger partial charge on any atom is 0.235 e. The van der Waals surface area contributed by atoms with Gasteiger partial charge in [-0.3, -0.25) is 14.4 Å². The highest BCUT2D eigenvalue weighted by molar-refractivity contribution is 6.10. The van der Waals surface area contributed by atoms with Crippen LogP contribution >= 0.6 is 0 Å². The number of carbonyl (C=O) groups excluding carboxylic acids is 3. The number of Topliss-reactive ketones (excluding diaryl/α,β-unsaturated/α-hetero) is 1. The topological polar surface area (TPSA) is 114 Å². The number of aryl methyl sites for hydroxylation is 3. The summed E-state index contributed by atoms with van der Waals surface area (Å²) in [5.74, 6) is -4.06. The fourth-order valence-electron chi connectivity index (χ4n) is 6.39. The Balaban J connectivity index is 1.58. The molecular weight excluding hydrogens is 592 g/mol. The Labute approximate surface area is 276 Å². The van der Waals surface area contributed by atoms with E-state index in [0.717, 1.165) is 22.3 Å². The monoisotopic (exact) mass is 634 g/mol. The second-order valence-electron chi connectivity index (χ2n) is 12.4. The summed E-state index contributed by atoms with van der Waals surface area (Å²) in [5, 5.41) is 17.7. The van der Waals surface area contributed by atoms with E-state index in [-0.39, 0.29) is 6.42 Å². The van der Waals surface area contributed by atoms with Crippen LogP contribution in [0.5, 0.6) is 11.5 Å². The second kappa shape index (κ2) is 14.2. The Morgan fingerprint density at radius 1 is 0.787 bits per heavy atom. The molecule has 8 heteroatoms. The van der Waals surface area contributed by atoms with Gasteiger partial charge in [0.15, 0.2) is 11.5 Å². The first kappa shape index (κ1) is 33.4. The number of benzene rings is 4. The number of rotatable bonds is 10. The van der Waals surface area contributed by atoms with E-state index in [4.69, 9.17) is 9.47 Å². The van der Waals surface area contributed by atoms with Crippen LogP contribution in [-0.2, 0) is 21.0 Å². The number of amides is 2. The van der Waals surface area contributed by atoms with E-state index in [9.17, 15) is 19.5 Å². The number of anilines is 2. The number of ketones is 1. The summed E-state index contributed by atoms with van der Waals surface area (Å²) in [6.07, 6.45) is -0.364. The number of carbonyl (C=O) groups is 3. The first-order chi connectivity index (χ1) is 22.5. The van der Waals surface area contributed by atoms with Crippen LogP contribution < -0.4 is 20.1 Å². The largest absolute Gasteiger partial charge is 0.490 e. The minimum Gasteiger partial charge on any atom is -0.490 e. The van der Waals surface area contributed by atoms with Crippen molar-refractivity contribution in [1.29, 1.82) is 0 Å². The maximum absolute atomic E-state index is 14.2. The number of para-hydroxylation sites is 2. The lowest BCUT2D eigenvalue weighted by Gasteiger charge is -2.44. The molecule has 0 saturated heterocycles. The van der Waals surface area contributed by atoms with Crippen molar-refractivity contribution >= 4 is 29.0 Å². The fourth-order valence-corrected chi connectivity index (χ4v) is 6.39. The zero-order valence-electron chi connectivity index (χ0n) is 27.5. The summed E-state index contributed by atoms with van der Waals surface area (Å²) >= 11 is 0. The van der Waals surface area contributed by atoms with Gasteiger partial charge in [0, 0.05) is 23.7 Å². The van der Waals surface area contributed by atoms with Gasteiger partial charge < -0.3 is 25.2 Å². The Bertz CT molecular complexity index is 1780. The molecule has 0 aliphatic heterocycles. The molecule has 0 heterocycles. The summed E-state index contributed by atoms with van der Waals surface area (Å²) in [6, 6.07) is 27.8. The molecule has 4 aromatic rings. The highest BCUT2D eigenvalue weighted by atomic mass is 16.5. The molecule has 2 amide bonds. The van der Waals surface area contributed by atoms with Crippen LogP contribution in [0.1, 0.15) is 54.0 Å². The van der Waals surface area contributed by atoms with Crippen LogP contribution in [0.4, 0.5) is 11.4 Å². The van der Waals surface area contributed by atoms with Crippen LogP contribution in [0.25, 0.3) is 0 Å². The average molecular weight is 635 g/mol. The summed E-state index contributed by atoms with van der Waals surface area (Å²) in [5.41, 5.74) is 3.68. The third kappa shape index (κ3) is 7.39. The Kier molecular flexibility index (Phi) is 10.1. The zero-order valence-corrected chi connectivity index (χ0v) is 27.5. The average Bonchev–Trinajstić information content (AvgIpc) is 3.02.